The third kappa shape index (κ3) is 3.49. The molecule has 0 unspecified atom stereocenters. The second kappa shape index (κ2) is 7.50. The van der Waals surface area contributed by atoms with Gasteiger partial charge in [0.1, 0.15) is 5.65 Å². The zero-order valence-corrected chi connectivity index (χ0v) is 18.5. The zero-order chi connectivity index (χ0) is 22.6. The molecule has 1 spiro atoms. The van der Waals surface area contributed by atoms with Crippen molar-refractivity contribution < 1.29 is 14.7 Å². The molecule has 2 aromatic heterocycles. The lowest BCUT2D eigenvalue weighted by Crippen LogP contribution is -2.35. The van der Waals surface area contributed by atoms with Crippen LogP contribution in [0.25, 0.3) is 11.7 Å². The van der Waals surface area contributed by atoms with E-state index >= 15 is 0 Å². The lowest BCUT2D eigenvalue weighted by atomic mass is 10.2. The number of likely N-dealkylation sites (tertiary alicyclic amines) is 1. The second-order valence-electron chi connectivity index (χ2n) is 9.74. The maximum absolute atomic E-state index is 13.1. The van der Waals surface area contributed by atoms with Gasteiger partial charge in [-0.1, -0.05) is 13.8 Å². The van der Waals surface area contributed by atoms with Crippen LogP contribution in [0.1, 0.15) is 68.3 Å². The number of amides is 2. The van der Waals surface area contributed by atoms with Gasteiger partial charge in [-0.15, -0.1) is 0 Å². The van der Waals surface area contributed by atoms with Crippen molar-refractivity contribution in [2.75, 3.05) is 6.54 Å². The van der Waals surface area contributed by atoms with E-state index in [0.717, 1.165) is 49.6 Å². The van der Waals surface area contributed by atoms with E-state index in [4.69, 9.17) is 0 Å². The SMILES string of the molecule is CC(C)Cn1c(O)c(C(=O)NC2CC2)c(=O)n2ncc(C=CC(=O)N3CCCC34CC4)c12. The van der Waals surface area contributed by atoms with Crippen LogP contribution in [0, 0.1) is 5.92 Å². The summed E-state index contributed by atoms with van der Waals surface area (Å²) in [5, 5.41) is 17.9. The van der Waals surface area contributed by atoms with E-state index in [0.29, 0.717) is 17.8 Å². The van der Waals surface area contributed by atoms with Crippen LogP contribution in [0.4, 0.5) is 0 Å². The van der Waals surface area contributed by atoms with Gasteiger partial charge in [0.05, 0.1) is 6.20 Å². The molecule has 3 fully saturated rings. The van der Waals surface area contributed by atoms with Crippen molar-refractivity contribution in [2.24, 2.45) is 5.92 Å². The van der Waals surface area contributed by atoms with E-state index in [1.807, 2.05) is 18.7 Å². The Bertz CT molecular complexity index is 1180. The molecule has 1 aliphatic heterocycles. The lowest BCUT2D eigenvalue weighted by Gasteiger charge is -2.22. The van der Waals surface area contributed by atoms with Crippen molar-refractivity contribution >= 4 is 23.5 Å². The van der Waals surface area contributed by atoms with Gasteiger partial charge in [0.2, 0.25) is 11.8 Å². The molecule has 2 aromatic rings. The van der Waals surface area contributed by atoms with Crippen LogP contribution in [-0.2, 0) is 11.3 Å². The Morgan fingerprint density at radius 1 is 1.31 bits per heavy atom. The Hall–Kier alpha value is -3.10. The molecule has 0 radical (unpaired) electrons. The minimum atomic E-state index is -0.668. The van der Waals surface area contributed by atoms with Crippen LogP contribution >= 0.6 is 0 Å². The third-order valence-corrected chi connectivity index (χ3v) is 6.69. The van der Waals surface area contributed by atoms with Crippen LogP contribution in [0.15, 0.2) is 17.1 Å². The van der Waals surface area contributed by atoms with Crippen molar-refractivity contribution in [3.63, 3.8) is 0 Å². The molecule has 1 saturated heterocycles. The van der Waals surface area contributed by atoms with Crippen molar-refractivity contribution in [2.45, 2.75) is 70.5 Å². The fourth-order valence-corrected chi connectivity index (χ4v) is 4.75. The van der Waals surface area contributed by atoms with Crippen LogP contribution in [-0.4, -0.2) is 54.1 Å². The van der Waals surface area contributed by atoms with Gasteiger partial charge in [0, 0.05) is 36.3 Å². The number of fused-ring (bicyclic) bond motifs is 1. The average Bonchev–Trinajstić information content (AvgIpc) is 3.61. The first kappa shape index (κ1) is 20.8. The summed E-state index contributed by atoms with van der Waals surface area (Å²) in [6, 6.07) is 0.0537. The normalized spacial score (nSPS) is 19.5. The predicted molar refractivity (Wildman–Crippen MR) is 118 cm³/mol. The number of nitrogens with one attached hydrogen (secondary N) is 1. The first-order valence-corrected chi connectivity index (χ1v) is 11.4. The van der Waals surface area contributed by atoms with Gasteiger partial charge in [0.25, 0.3) is 11.5 Å². The molecular weight excluding hydrogens is 410 g/mol. The minimum Gasteiger partial charge on any atom is -0.494 e. The van der Waals surface area contributed by atoms with Crippen molar-refractivity contribution in [3.05, 3.63) is 33.8 Å². The summed E-state index contributed by atoms with van der Waals surface area (Å²) in [5.74, 6) is -0.853. The molecule has 3 heterocycles. The molecule has 2 N–H and O–H groups in total. The summed E-state index contributed by atoms with van der Waals surface area (Å²) in [7, 11) is 0. The van der Waals surface area contributed by atoms with E-state index in [1.54, 1.807) is 10.6 Å². The van der Waals surface area contributed by atoms with E-state index < -0.39 is 11.5 Å². The number of aromatic hydroxyl groups is 1. The molecule has 2 aliphatic carbocycles. The monoisotopic (exact) mass is 439 g/mol. The number of hydrogen-bond acceptors (Lipinski definition) is 5. The maximum Gasteiger partial charge on any atom is 0.291 e. The maximum atomic E-state index is 13.1. The molecule has 9 heteroatoms. The van der Waals surface area contributed by atoms with E-state index in [9.17, 15) is 19.5 Å². The summed E-state index contributed by atoms with van der Waals surface area (Å²) < 4.78 is 2.69. The Morgan fingerprint density at radius 3 is 2.72 bits per heavy atom. The topological polar surface area (TPSA) is 109 Å². The molecular formula is C23H29N5O4. The van der Waals surface area contributed by atoms with Crippen LogP contribution in [0.5, 0.6) is 5.88 Å². The molecule has 0 atom stereocenters. The predicted octanol–water partition coefficient (Wildman–Crippen LogP) is 1.92. The molecule has 32 heavy (non-hydrogen) atoms. The van der Waals surface area contributed by atoms with Crippen LogP contribution < -0.4 is 10.9 Å². The largest absolute Gasteiger partial charge is 0.494 e. The van der Waals surface area contributed by atoms with Gasteiger partial charge in [0.15, 0.2) is 5.56 Å². The molecule has 3 aliphatic rings. The van der Waals surface area contributed by atoms with Gasteiger partial charge in [-0.2, -0.15) is 9.61 Å². The molecule has 5 rings (SSSR count). The number of hydrogen-bond donors (Lipinski definition) is 2. The van der Waals surface area contributed by atoms with Gasteiger partial charge in [-0.05, 0) is 50.5 Å². The Morgan fingerprint density at radius 2 is 2.06 bits per heavy atom. The van der Waals surface area contributed by atoms with Crippen molar-refractivity contribution in [3.8, 4) is 5.88 Å². The Balaban J connectivity index is 1.54. The third-order valence-electron chi connectivity index (χ3n) is 6.69. The smallest absolute Gasteiger partial charge is 0.291 e. The lowest BCUT2D eigenvalue weighted by molar-refractivity contribution is -0.127. The molecule has 170 valence electrons. The Labute approximate surface area is 185 Å². The molecule has 0 aromatic carbocycles. The van der Waals surface area contributed by atoms with Gasteiger partial charge >= 0.3 is 0 Å². The first-order chi connectivity index (χ1) is 15.3. The zero-order valence-electron chi connectivity index (χ0n) is 18.5. The summed E-state index contributed by atoms with van der Waals surface area (Å²) in [6.45, 7) is 5.12. The summed E-state index contributed by atoms with van der Waals surface area (Å²) in [4.78, 5) is 40.5. The fraction of sp³-hybridized carbons (Fsp3) is 0.565. The summed E-state index contributed by atoms with van der Waals surface area (Å²) >= 11 is 0. The molecule has 0 bridgehead atoms. The second-order valence-corrected chi connectivity index (χ2v) is 9.74. The van der Waals surface area contributed by atoms with Gasteiger partial charge in [-0.25, -0.2) is 0 Å². The van der Waals surface area contributed by atoms with Crippen molar-refractivity contribution in [1.29, 1.82) is 0 Å². The molecule has 2 saturated carbocycles. The quantitative estimate of drug-likeness (QED) is 0.669. The number of carbonyl (C=O) groups is 2. The molecule has 9 nitrogen and oxygen atoms in total. The van der Waals surface area contributed by atoms with Gasteiger partial charge in [-0.3, -0.25) is 19.0 Å². The van der Waals surface area contributed by atoms with Crippen molar-refractivity contribution in [1.82, 2.24) is 24.4 Å². The standard InChI is InChI=1S/C23H29N5O4/c1-14(2)13-26-20-15(4-7-17(29)27-11-3-8-23(27)9-10-23)12-24-28(20)22(32)18(21(26)31)19(30)25-16-5-6-16/h4,7,12,14,16,31H,3,5-6,8-11,13H2,1-2H3,(H,25,30). The first-order valence-electron chi connectivity index (χ1n) is 11.4. The van der Waals surface area contributed by atoms with Gasteiger partial charge < -0.3 is 15.3 Å². The van der Waals surface area contributed by atoms with E-state index in [-0.39, 0.29) is 34.8 Å². The minimum absolute atomic E-state index is 0.0400. The summed E-state index contributed by atoms with van der Waals surface area (Å²) in [6.07, 6.45) is 10.6. The van der Waals surface area contributed by atoms with E-state index in [2.05, 4.69) is 10.4 Å². The van der Waals surface area contributed by atoms with Crippen LogP contribution in [0.2, 0.25) is 0 Å². The number of carbonyl (C=O) groups excluding carboxylic acids is 2. The highest BCUT2D eigenvalue weighted by molar-refractivity contribution is 5.97. The molecule has 2 amide bonds. The highest BCUT2D eigenvalue weighted by atomic mass is 16.3. The average molecular weight is 440 g/mol. The number of nitrogens with zero attached hydrogens (tertiary/aromatic N) is 4. The van der Waals surface area contributed by atoms with E-state index in [1.165, 1.54) is 12.3 Å². The highest BCUT2D eigenvalue weighted by Gasteiger charge is 2.52. The van der Waals surface area contributed by atoms with Crippen LogP contribution in [0.3, 0.4) is 0 Å². The number of rotatable bonds is 6. The number of aromatic nitrogens is 3. The summed E-state index contributed by atoms with van der Waals surface area (Å²) in [5.41, 5.74) is 0.00985. The highest BCUT2D eigenvalue weighted by Crippen LogP contribution is 2.49. The Kier molecular flexibility index (Phi) is 4.87. The fourth-order valence-electron chi connectivity index (χ4n) is 4.75.